The highest BCUT2D eigenvalue weighted by atomic mass is 16.5. The topological polar surface area (TPSA) is 86.5 Å². The molecule has 0 spiro atoms. The minimum atomic E-state index is -0.194. The third kappa shape index (κ3) is 4.37. The molecule has 1 saturated heterocycles. The molecule has 0 saturated carbocycles. The first kappa shape index (κ1) is 18.2. The van der Waals surface area contributed by atoms with Crippen molar-refractivity contribution in [3.63, 3.8) is 0 Å². The molecule has 7 heteroatoms. The molecule has 28 heavy (non-hydrogen) atoms. The molecule has 4 rings (SSSR count). The Labute approximate surface area is 162 Å². The molecule has 0 unspecified atom stereocenters. The Kier molecular flexibility index (Phi) is 5.63. The number of nitrogens with zero attached hydrogens (tertiary/aromatic N) is 2. The summed E-state index contributed by atoms with van der Waals surface area (Å²) >= 11 is 0. The highest BCUT2D eigenvalue weighted by Crippen LogP contribution is 2.30. The maximum absolute atomic E-state index is 12.1. The molecule has 0 radical (unpaired) electrons. The van der Waals surface area contributed by atoms with E-state index in [1.165, 1.54) is 0 Å². The Morgan fingerprint density at radius 3 is 2.79 bits per heavy atom. The summed E-state index contributed by atoms with van der Waals surface area (Å²) in [4.78, 5) is 16.5. The molecular formula is C21H21N3O4. The van der Waals surface area contributed by atoms with E-state index in [2.05, 4.69) is 15.5 Å². The largest absolute Gasteiger partial charge is 0.483 e. The minimum absolute atomic E-state index is 0.0938. The van der Waals surface area contributed by atoms with Crippen molar-refractivity contribution in [2.24, 2.45) is 0 Å². The molecule has 3 aromatic rings. The molecule has 2 heterocycles. The summed E-state index contributed by atoms with van der Waals surface area (Å²) in [6.07, 6.45) is 2.12. The highest BCUT2D eigenvalue weighted by molar-refractivity contribution is 5.78. The molecule has 7 nitrogen and oxygen atoms in total. The van der Waals surface area contributed by atoms with E-state index >= 15 is 0 Å². The maximum atomic E-state index is 12.1. The average Bonchev–Trinajstić information content (AvgIpc) is 3.44. The third-order valence-electron chi connectivity index (χ3n) is 4.49. The third-order valence-corrected chi connectivity index (χ3v) is 4.49. The molecule has 1 aliphatic heterocycles. The van der Waals surface area contributed by atoms with Gasteiger partial charge in [0.05, 0.1) is 11.7 Å². The van der Waals surface area contributed by atoms with Crippen LogP contribution in [0.4, 0.5) is 0 Å². The normalized spacial score (nSPS) is 16.1. The van der Waals surface area contributed by atoms with Gasteiger partial charge >= 0.3 is 0 Å². The molecule has 1 N–H and O–H groups in total. The summed E-state index contributed by atoms with van der Waals surface area (Å²) in [7, 11) is 0. The van der Waals surface area contributed by atoms with Crippen LogP contribution in [0.3, 0.4) is 0 Å². The van der Waals surface area contributed by atoms with Crippen molar-refractivity contribution in [2.75, 3.05) is 19.8 Å². The second-order valence-electron chi connectivity index (χ2n) is 6.51. The summed E-state index contributed by atoms with van der Waals surface area (Å²) < 4.78 is 16.6. The molecule has 0 aliphatic carbocycles. The van der Waals surface area contributed by atoms with Crippen molar-refractivity contribution in [3.05, 3.63) is 54.6 Å². The molecule has 1 aliphatic rings. The summed E-state index contributed by atoms with van der Waals surface area (Å²) in [5, 5.41) is 6.88. The fourth-order valence-corrected chi connectivity index (χ4v) is 3.03. The zero-order chi connectivity index (χ0) is 19.2. The van der Waals surface area contributed by atoms with Gasteiger partial charge in [-0.1, -0.05) is 47.6 Å². The molecule has 144 valence electrons. The lowest BCUT2D eigenvalue weighted by Gasteiger charge is -2.12. The fourth-order valence-electron chi connectivity index (χ4n) is 3.03. The molecular weight excluding hydrogens is 358 g/mol. The number of benzene rings is 2. The van der Waals surface area contributed by atoms with Crippen LogP contribution < -0.4 is 10.1 Å². The van der Waals surface area contributed by atoms with E-state index < -0.39 is 0 Å². The van der Waals surface area contributed by atoms with Crippen LogP contribution in [0.2, 0.25) is 0 Å². The number of para-hydroxylation sites is 1. The van der Waals surface area contributed by atoms with Crippen LogP contribution in [-0.2, 0) is 9.53 Å². The van der Waals surface area contributed by atoms with Gasteiger partial charge < -0.3 is 19.3 Å². The summed E-state index contributed by atoms with van der Waals surface area (Å²) in [5.74, 6) is 1.16. The number of ether oxygens (including phenoxy) is 2. The lowest BCUT2D eigenvalue weighted by Crippen LogP contribution is -2.35. The van der Waals surface area contributed by atoms with Crippen LogP contribution in [0.15, 0.2) is 59.1 Å². The van der Waals surface area contributed by atoms with Gasteiger partial charge in [-0.25, -0.2) is 0 Å². The quantitative estimate of drug-likeness (QED) is 0.679. The van der Waals surface area contributed by atoms with E-state index in [0.717, 1.165) is 25.0 Å². The standard InChI is InChI=1S/C21H21N3O4/c25-19(22-13-16-9-6-12-26-16)14-27-18-11-5-4-10-17(18)21-23-20(24-28-21)15-7-2-1-3-8-15/h1-5,7-8,10-11,16H,6,9,12-14H2,(H,22,25)/t16-/m0/s1. The predicted molar refractivity (Wildman–Crippen MR) is 103 cm³/mol. The lowest BCUT2D eigenvalue weighted by atomic mass is 10.2. The predicted octanol–water partition coefficient (Wildman–Crippen LogP) is 3.08. The molecule has 1 atom stereocenters. The van der Waals surface area contributed by atoms with Gasteiger partial charge in [-0.15, -0.1) is 0 Å². The van der Waals surface area contributed by atoms with E-state index in [4.69, 9.17) is 14.0 Å². The molecule has 0 bridgehead atoms. The van der Waals surface area contributed by atoms with E-state index in [1.54, 1.807) is 6.07 Å². The SMILES string of the molecule is O=C(COc1ccccc1-c1nc(-c2ccccc2)no1)NC[C@@H]1CCCO1. The number of rotatable bonds is 7. The van der Waals surface area contributed by atoms with Gasteiger partial charge in [0.2, 0.25) is 5.82 Å². The van der Waals surface area contributed by atoms with Crippen LogP contribution in [0, 0.1) is 0 Å². The first-order valence-electron chi connectivity index (χ1n) is 9.29. The van der Waals surface area contributed by atoms with Gasteiger partial charge in [0.1, 0.15) is 5.75 Å². The smallest absolute Gasteiger partial charge is 0.262 e. The maximum Gasteiger partial charge on any atom is 0.262 e. The molecule has 1 fully saturated rings. The van der Waals surface area contributed by atoms with Gasteiger partial charge in [0.15, 0.2) is 6.61 Å². The Balaban J connectivity index is 1.41. The summed E-state index contributed by atoms with van der Waals surface area (Å²) in [6.45, 7) is 1.18. The van der Waals surface area contributed by atoms with Gasteiger partial charge in [-0.3, -0.25) is 4.79 Å². The van der Waals surface area contributed by atoms with Crippen molar-refractivity contribution < 1.29 is 18.8 Å². The van der Waals surface area contributed by atoms with Gasteiger partial charge in [0, 0.05) is 18.7 Å². The van der Waals surface area contributed by atoms with Crippen molar-refractivity contribution in [1.82, 2.24) is 15.5 Å². The van der Waals surface area contributed by atoms with Crippen molar-refractivity contribution in [1.29, 1.82) is 0 Å². The van der Waals surface area contributed by atoms with Crippen LogP contribution in [0.5, 0.6) is 5.75 Å². The highest BCUT2D eigenvalue weighted by Gasteiger charge is 2.18. The zero-order valence-corrected chi connectivity index (χ0v) is 15.3. The van der Waals surface area contributed by atoms with E-state index in [9.17, 15) is 4.79 Å². The van der Waals surface area contributed by atoms with Crippen LogP contribution in [0.25, 0.3) is 22.8 Å². The van der Waals surface area contributed by atoms with E-state index in [-0.39, 0.29) is 18.6 Å². The second kappa shape index (κ2) is 8.67. The molecule has 2 aromatic carbocycles. The van der Waals surface area contributed by atoms with Gasteiger partial charge in [-0.2, -0.15) is 4.98 Å². The second-order valence-corrected chi connectivity index (χ2v) is 6.51. The van der Waals surface area contributed by atoms with Crippen molar-refractivity contribution in [2.45, 2.75) is 18.9 Å². The number of amides is 1. The minimum Gasteiger partial charge on any atom is -0.483 e. The number of carbonyl (C=O) groups excluding carboxylic acids is 1. The average molecular weight is 379 g/mol. The summed E-state index contributed by atoms with van der Waals surface area (Å²) in [6, 6.07) is 16.9. The van der Waals surface area contributed by atoms with Gasteiger partial charge in [-0.05, 0) is 25.0 Å². The first-order valence-corrected chi connectivity index (χ1v) is 9.29. The van der Waals surface area contributed by atoms with Crippen LogP contribution in [0.1, 0.15) is 12.8 Å². The van der Waals surface area contributed by atoms with Gasteiger partial charge in [0.25, 0.3) is 11.8 Å². The molecule has 1 amide bonds. The zero-order valence-electron chi connectivity index (χ0n) is 15.3. The first-order chi connectivity index (χ1) is 13.8. The Morgan fingerprint density at radius 2 is 1.96 bits per heavy atom. The molecule has 1 aromatic heterocycles. The van der Waals surface area contributed by atoms with Crippen molar-refractivity contribution in [3.8, 4) is 28.6 Å². The van der Waals surface area contributed by atoms with E-state index in [1.807, 2.05) is 48.5 Å². The Morgan fingerprint density at radius 1 is 1.14 bits per heavy atom. The number of hydrogen-bond donors (Lipinski definition) is 1. The lowest BCUT2D eigenvalue weighted by molar-refractivity contribution is -0.123. The number of carbonyl (C=O) groups is 1. The van der Waals surface area contributed by atoms with Crippen molar-refractivity contribution >= 4 is 5.91 Å². The van der Waals surface area contributed by atoms with E-state index in [0.29, 0.717) is 29.6 Å². The summed E-state index contributed by atoms with van der Waals surface area (Å²) in [5.41, 5.74) is 1.51. The number of aromatic nitrogens is 2. The monoisotopic (exact) mass is 379 g/mol. The Bertz CT molecular complexity index is 920. The fraction of sp³-hybridized carbons (Fsp3) is 0.286. The van der Waals surface area contributed by atoms with Crippen LogP contribution >= 0.6 is 0 Å². The van der Waals surface area contributed by atoms with Crippen LogP contribution in [-0.4, -0.2) is 41.9 Å². The number of nitrogens with one attached hydrogen (secondary N) is 1. The number of hydrogen-bond acceptors (Lipinski definition) is 6. The Hall–Kier alpha value is -3.19.